The summed E-state index contributed by atoms with van der Waals surface area (Å²) in [6, 6.07) is 10.5. The number of benzene rings is 1. The highest BCUT2D eigenvalue weighted by atomic mass is 19.1. The molecule has 4 aromatic heterocycles. The van der Waals surface area contributed by atoms with Crippen molar-refractivity contribution in [3.63, 3.8) is 0 Å². The molecule has 2 fully saturated rings. The number of hydrogen-bond acceptors (Lipinski definition) is 8. The largest absolute Gasteiger partial charge is 0.492 e. The number of halogens is 1. The number of nitrogens with one attached hydrogen (secondary N) is 2. The van der Waals surface area contributed by atoms with Crippen molar-refractivity contribution in [3.8, 4) is 16.9 Å². The number of ether oxygens (including phenoxy) is 2. The van der Waals surface area contributed by atoms with Gasteiger partial charge in [-0.05, 0) is 62.6 Å². The van der Waals surface area contributed by atoms with Gasteiger partial charge in [-0.2, -0.15) is 5.10 Å². The molecule has 6 heterocycles. The zero-order valence-corrected chi connectivity index (χ0v) is 25.6. The second-order valence-corrected chi connectivity index (χ2v) is 11.9. The van der Waals surface area contributed by atoms with Crippen LogP contribution in [0.1, 0.15) is 35.7 Å². The predicted molar refractivity (Wildman–Crippen MR) is 169 cm³/mol. The van der Waals surface area contributed by atoms with Crippen LogP contribution in [0, 0.1) is 12.7 Å². The molecular weight excluding hydrogens is 575 g/mol. The molecule has 234 valence electrons. The summed E-state index contributed by atoms with van der Waals surface area (Å²) >= 11 is 0. The number of anilines is 1. The average Bonchev–Trinajstić information content (AvgIpc) is 3.64. The van der Waals surface area contributed by atoms with Crippen molar-refractivity contribution < 1.29 is 18.7 Å². The fraction of sp³-hybridized carbons (Fsp3) is 0.394. The number of nitrogens with zero attached hydrogens (tertiary/aromatic N) is 6. The van der Waals surface area contributed by atoms with E-state index in [1.54, 1.807) is 12.3 Å². The highest BCUT2D eigenvalue weighted by Gasteiger charge is 2.38. The van der Waals surface area contributed by atoms with Crippen molar-refractivity contribution in [1.29, 1.82) is 0 Å². The number of fused-ring (bicyclic) bond motifs is 3. The van der Waals surface area contributed by atoms with Crippen molar-refractivity contribution in [2.24, 2.45) is 0 Å². The van der Waals surface area contributed by atoms with Gasteiger partial charge in [-0.25, -0.2) is 13.9 Å². The summed E-state index contributed by atoms with van der Waals surface area (Å²) in [7, 11) is 0. The second-order valence-electron chi connectivity index (χ2n) is 11.9. The van der Waals surface area contributed by atoms with E-state index >= 15 is 0 Å². The molecule has 2 aliphatic rings. The first-order valence-corrected chi connectivity index (χ1v) is 15.5. The number of aromatic amines is 1. The molecule has 0 bridgehead atoms. The normalized spacial score (nSPS) is 17.2. The first-order chi connectivity index (χ1) is 21.9. The molecule has 45 heavy (non-hydrogen) atoms. The summed E-state index contributed by atoms with van der Waals surface area (Å²) in [5.41, 5.74) is 4.24. The van der Waals surface area contributed by atoms with Gasteiger partial charge in [-0.15, -0.1) is 5.10 Å². The molecule has 0 atom stereocenters. The summed E-state index contributed by atoms with van der Waals surface area (Å²) in [4.78, 5) is 23.0. The van der Waals surface area contributed by atoms with Gasteiger partial charge in [-0.1, -0.05) is 6.07 Å². The zero-order valence-electron chi connectivity index (χ0n) is 25.6. The number of H-pyrrole nitrogens is 1. The maximum Gasteiger partial charge on any atom is 0.252 e. The summed E-state index contributed by atoms with van der Waals surface area (Å²) in [5, 5.41) is 16.0. The van der Waals surface area contributed by atoms with Gasteiger partial charge in [0.1, 0.15) is 17.4 Å². The van der Waals surface area contributed by atoms with E-state index in [0.717, 1.165) is 84.7 Å². The van der Waals surface area contributed by atoms with E-state index in [4.69, 9.17) is 14.5 Å². The molecule has 11 nitrogen and oxygen atoms in total. The van der Waals surface area contributed by atoms with Crippen molar-refractivity contribution in [2.45, 2.75) is 32.2 Å². The zero-order chi connectivity index (χ0) is 31.0. The Labute approximate surface area is 260 Å². The minimum absolute atomic E-state index is 0.233. The molecule has 1 aromatic carbocycles. The Hall–Kier alpha value is -4.55. The van der Waals surface area contributed by atoms with Crippen LogP contribution in [-0.2, 0) is 4.74 Å². The van der Waals surface area contributed by atoms with E-state index < -0.39 is 11.4 Å². The summed E-state index contributed by atoms with van der Waals surface area (Å²) < 4.78 is 27.3. The third-order valence-electron chi connectivity index (χ3n) is 8.97. The third kappa shape index (κ3) is 5.83. The lowest BCUT2D eigenvalue weighted by molar-refractivity contribution is 0.0199. The number of carbonyl (C=O) groups is 1. The number of rotatable bonds is 8. The number of aryl methyl sites for hydroxylation is 1. The smallest absolute Gasteiger partial charge is 0.252 e. The standard InChI is InChI=1S/C33H37FN8O3/c1-3-45-25-17-27(30-28-19-36-38-31(28)39-42(30)20-25)23-5-7-29(35-18-23)41-10-8-33(9-11-41,21-40-12-14-44-15-13-40)37-32(43)26-16-24(34)6-4-22(26)2/h4-7,16-20H,3,8-15,21H2,1-2H3,(H,37,43)(H,38,39). The van der Waals surface area contributed by atoms with Crippen molar-refractivity contribution >= 4 is 28.3 Å². The van der Waals surface area contributed by atoms with E-state index in [-0.39, 0.29) is 5.91 Å². The quantitative estimate of drug-likeness (QED) is 0.268. The molecular formula is C33H37FN8O3. The Kier molecular flexibility index (Phi) is 7.84. The molecule has 0 radical (unpaired) electrons. The van der Waals surface area contributed by atoms with Crippen LogP contribution in [0.15, 0.2) is 55.0 Å². The molecule has 5 aromatic rings. The minimum atomic E-state index is -0.451. The van der Waals surface area contributed by atoms with Crippen LogP contribution in [-0.4, -0.2) is 93.7 Å². The van der Waals surface area contributed by atoms with E-state index in [2.05, 4.69) is 36.5 Å². The lowest BCUT2D eigenvalue weighted by Gasteiger charge is -2.46. The lowest BCUT2D eigenvalue weighted by Crippen LogP contribution is -2.61. The first-order valence-electron chi connectivity index (χ1n) is 15.5. The summed E-state index contributed by atoms with van der Waals surface area (Å²) in [6.45, 7) is 9.52. The van der Waals surface area contributed by atoms with Crippen LogP contribution < -0.4 is 15.0 Å². The molecule has 0 aliphatic carbocycles. The van der Waals surface area contributed by atoms with Gasteiger partial charge in [0.25, 0.3) is 5.91 Å². The highest BCUT2D eigenvalue weighted by Crippen LogP contribution is 2.34. The Morgan fingerprint density at radius 1 is 1.11 bits per heavy atom. The van der Waals surface area contributed by atoms with Gasteiger partial charge < -0.3 is 19.7 Å². The predicted octanol–water partition coefficient (Wildman–Crippen LogP) is 4.22. The van der Waals surface area contributed by atoms with Crippen LogP contribution in [0.5, 0.6) is 5.75 Å². The van der Waals surface area contributed by atoms with Gasteiger partial charge in [0.05, 0.1) is 48.7 Å². The Bertz CT molecular complexity index is 1820. The van der Waals surface area contributed by atoms with Crippen molar-refractivity contribution in [2.75, 3.05) is 57.4 Å². The number of morpholine rings is 1. The maximum atomic E-state index is 14.1. The molecule has 7 rings (SSSR count). The first kappa shape index (κ1) is 29.2. The molecule has 1 amide bonds. The molecule has 0 unspecified atom stereocenters. The van der Waals surface area contributed by atoms with Crippen LogP contribution in [0.4, 0.5) is 10.2 Å². The SMILES string of the molecule is CCOc1cc(-c2ccc(N3CCC(CN4CCOCC4)(NC(=O)c4cc(F)ccc4C)CC3)nc2)c2c3cn[nH]c3nn2c1. The van der Waals surface area contributed by atoms with Gasteiger partial charge >= 0.3 is 0 Å². The van der Waals surface area contributed by atoms with E-state index in [1.165, 1.54) is 12.1 Å². The average molecular weight is 613 g/mol. The Morgan fingerprint density at radius 2 is 1.93 bits per heavy atom. The molecule has 2 N–H and O–H groups in total. The second kappa shape index (κ2) is 12.1. The van der Waals surface area contributed by atoms with Gasteiger partial charge in [0.2, 0.25) is 0 Å². The van der Waals surface area contributed by atoms with E-state index in [1.807, 2.05) is 42.9 Å². The van der Waals surface area contributed by atoms with Crippen LogP contribution in [0.3, 0.4) is 0 Å². The van der Waals surface area contributed by atoms with Gasteiger partial charge in [-0.3, -0.25) is 14.8 Å². The number of piperidine rings is 1. The molecule has 12 heteroatoms. The Balaban J connectivity index is 1.12. The Morgan fingerprint density at radius 3 is 2.69 bits per heavy atom. The number of aromatic nitrogens is 5. The molecule has 2 saturated heterocycles. The minimum Gasteiger partial charge on any atom is -0.492 e. The van der Waals surface area contributed by atoms with Gasteiger partial charge in [0.15, 0.2) is 5.65 Å². The molecule has 2 aliphatic heterocycles. The number of hydrogen-bond donors (Lipinski definition) is 2. The summed E-state index contributed by atoms with van der Waals surface area (Å²) in [5.74, 6) is 0.962. The van der Waals surface area contributed by atoms with Crippen LogP contribution >= 0.6 is 0 Å². The van der Waals surface area contributed by atoms with Crippen LogP contribution in [0.25, 0.3) is 27.7 Å². The van der Waals surface area contributed by atoms with Gasteiger partial charge in [0, 0.05) is 55.6 Å². The third-order valence-corrected chi connectivity index (χ3v) is 8.97. The lowest BCUT2D eigenvalue weighted by atomic mass is 9.85. The fourth-order valence-electron chi connectivity index (χ4n) is 6.56. The monoisotopic (exact) mass is 612 g/mol. The maximum absolute atomic E-state index is 14.1. The topological polar surface area (TPSA) is 113 Å². The van der Waals surface area contributed by atoms with Crippen molar-refractivity contribution in [1.82, 2.24) is 35.0 Å². The number of amides is 1. The van der Waals surface area contributed by atoms with E-state index in [0.29, 0.717) is 31.0 Å². The highest BCUT2D eigenvalue weighted by molar-refractivity contribution is 6.01. The van der Waals surface area contributed by atoms with Crippen LogP contribution in [0.2, 0.25) is 0 Å². The van der Waals surface area contributed by atoms with Crippen molar-refractivity contribution in [3.05, 3.63) is 71.9 Å². The number of pyridine rings is 2. The molecule has 0 spiro atoms. The summed E-state index contributed by atoms with van der Waals surface area (Å²) in [6.07, 6.45) is 7.03. The number of carbonyl (C=O) groups excluding carboxylic acids is 1. The molecule has 0 saturated carbocycles. The fourth-order valence-corrected chi connectivity index (χ4v) is 6.56. The van der Waals surface area contributed by atoms with E-state index in [9.17, 15) is 9.18 Å².